The summed E-state index contributed by atoms with van der Waals surface area (Å²) in [4.78, 5) is 0. The molecule has 0 spiro atoms. The summed E-state index contributed by atoms with van der Waals surface area (Å²) in [6, 6.07) is 11.9. The number of aryl methyl sites for hydroxylation is 2. The lowest BCUT2D eigenvalue weighted by Crippen LogP contribution is -1.86. The summed E-state index contributed by atoms with van der Waals surface area (Å²) < 4.78 is 5.07. The maximum Gasteiger partial charge on any atom is 0.142 e. The average Bonchev–Trinajstić information content (AvgIpc) is 2.68. The summed E-state index contributed by atoms with van der Waals surface area (Å²) >= 11 is 0. The molecular weight excluding hydrogens is 212 g/mol. The summed E-state index contributed by atoms with van der Waals surface area (Å²) in [6.45, 7) is 3.65. The molecule has 2 rings (SSSR count). The van der Waals surface area contributed by atoms with Gasteiger partial charge in [0.15, 0.2) is 0 Å². The predicted molar refractivity (Wildman–Crippen MR) is 65.9 cm³/mol. The van der Waals surface area contributed by atoms with Crippen molar-refractivity contribution >= 4 is 11.6 Å². The molecule has 0 aliphatic heterocycles. The standard InChI is InChI=1S/C14H12N2O/c1-10-14(11(2)17-16-10)13(9-15)8-12-6-4-3-5-7-12/h3-8H,1-2H3/b13-8+. The van der Waals surface area contributed by atoms with Crippen LogP contribution in [-0.4, -0.2) is 5.16 Å². The van der Waals surface area contributed by atoms with Gasteiger partial charge in [-0.1, -0.05) is 35.5 Å². The molecule has 0 saturated heterocycles. The number of benzene rings is 1. The second-order valence-electron chi connectivity index (χ2n) is 3.78. The first-order valence-corrected chi connectivity index (χ1v) is 5.32. The highest BCUT2D eigenvalue weighted by Gasteiger charge is 2.13. The molecule has 1 aromatic carbocycles. The third-order valence-electron chi connectivity index (χ3n) is 2.53. The van der Waals surface area contributed by atoms with E-state index in [1.54, 1.807) is 0 Å². The second kappa shape index (κ2) is 4.67. The lowest BCUT2D eigenvalue weighted by atomic mass is 10.0. The molecule has 2 aromatic rings. The molecular formula is C14H12N2O. The van der Waals surface area contributed by atoms with Crippen molar-refractivity contribution in [1.29, 1.82) is 5.26 Å². The smallest absolute Gasteiger partial charge is 0.142 e. The molecule has 0 aliphatic rings. The van der Waals surface area contributed by atoms with Gasteiger partial charge in [-0.25, -0.2) is 0 Å². The molecule has 0 saturated carbocycles. The van der Waals surface area contributed by atoms with E-state index >= 15 is 0 Å². The minimum Gasteiger partial charge on any atom is -0.361 e. The van der Waals surface area contributed by atoms with E-state index in [9.17, 15) is 5.26 Å². The van der Waals surface area contributed by atoms with Crippen molar-refractivity contribution in [3.05, 3.63) is 52.9 Å². The van der Waals surface area contributed by atoms with E-state index in [0.29, 0.717) is 11.3 Å². The predicted octanol–water partition coefficient (Wildman–Crippen LogP) is 3.36. The van der Waals surface area contributed by atoms with E-state index in [0.717, 1.165) is 16.8 Å². The van der Waals surface area contributed by atoms with Crippen LogP contribution in [0.5, 0.6) is 0 Å². The van der Waals surface area contributed by atoms with Crippen molar-refractivity contribution in [1.82, 2.24) is 5.16 Å². The largest absolute Gasteiger partial charge is 0.361 e. The molecule has 0 fully saturated rings. The normalized spacial score (nSPS) is 11.2. The van der Waals surface area contributed by atoms with Crippen LogP contribution in [0.15, 0.2) is 34.9 Å². The van der Waals surface area contributed by atoms with E-state index in [4.69, 9.17) is 4.52 Å². The van der Waals surface area contributed by atoms with Crippen LogP contribution < -0.4 is 0 Å². The molecule has 0 atom stereocenters. The lowest BCUT2D eigenvalue weighted by Gasteiger charge is -1.98. The van der Waals surface area contributed by atoms with Crippen molar-refractivity contribution in [2.24, 2.45) is 0 Å². The van der Waals surface area contributed by atoms with Gasteiger partial charge < -0.3 is 4.52 Å². The molecule has 0 amide bonds. The Hall–Kier alpha value is -2.34. The zero-order valence-corrected chi connectivity index (χ0v) is 9.77. The molecule has 17 heavy (non-hydrogen) atoms. The van der Waals surface area contributed by atoms with Crippen LogP contribution in [0.1, 0.15) is 22.6 Å². The topological polar surface area (TPSA) is 49.8 Å². The Kier molecular flexibility index (Phi) is 3.06. The number of hydrogen-bond donors (Lipinski definition) is 0. The zero-order valence-electron chi connectivity index (χ0n) is 9.77. The fraction of sp³-hybridized carbons (Fsp3) is 0.143. The number of rotatable bonds is 2. The van der Waals surface area contributed by atoms with Crippen molar-refractivity contribution in [3.8, 4) is 6.07 Å². The van der Waals surface area contributed by atoms with Gasteiger partial charge in [0, 0.05) is 0 Å². The Labute approximate surface area is 100.0 Å². The summed E-state index contributed by atoms with van der Waals surface area (Å²) in [5.41, 5.74) is 3.10. The Morgan fingerprint density at radius 1 is 1.29 bits per heavy atom. The first kappa shape index (κ1) is 11.2. The molecule has 0 aliphatic carbocycles. The van der Waals surface area contributed by atoms with E-state index in [-0.39, 0.29) is 0 Å². The second-order valence-corrected chi connectivity index (χ2v) is 3.78. The van der Waals surface area contributed by atoms with Gasteiger partial charge in [-0.15, -0.1) is 0 Å². The number of nitrogens with zero attached hydrogens (tertiary/aromatic N) is 2. The molecule has 1 heterocycles. The van der Waals surface area contributed by atoms with Gasteiger partial charge >= 0.3 is 0 Å². The Morgan fingerprint density at radius 2 is 2.00 bits per heavy atom. The number of aromatic nitrogens is 1. The van der Waals surface area contributed by atoms with Gasteiger partial charge in [0.25, 0.3) is 0 Å². The lowest BCUT2D eigenvalue weighted by molar-refractivity contribution is 0.393. The van der Waals surface area contributed by atoms with E-state index in [2.05, 4.69) is 11.2 Å². The SMILES string of the molecule is Cc1noc(C)c1/C(C#N)=C/c1ccccc1. The van der Waals surface area contributed by atoms with Gasteiger partial charge in [0.2, 0.25) is 0 Å². The van der Waals surface area contributed by atoms with Crippen LogP contribution in [0, 0.1) is 25.2 Å². The maximum atomic E-state index is 9.22. The summed E-state index contributed by atoms with van der Waals surface area (Å²) in [5.74, 6) is 0.672. The van der Waals surface area contributed by atoms with Crippen molar-refractivity contribution in [2.45, 2.75) is 13.8 Å². The Bertz CT molecular complexity index is 569. The van der Waals surface area contributed by atoms with Crippen LogP contribution in [0.2, 0.25) is 0 Å². The molecule has 0 unspecified atom stereocenters. The molecule has 0 bridgehead atoms. The molecule has 3 nitrogen and oxygen atoms in total. The van der Waals surface area contributed by atoms with Crippen molar-refractivity contribution in [3.63, 3.8) is 0 Å². The van der Waals surface area contributed by atoms with Gasteiger partial charge in [0.1, 0.15) is 5.76 Å². The number of nitriles is 1. The van der Waals surface area contributed by atoms with Gasteiger partial charge in [-0.2, -0.15) is 5.26 Å². The molecule has 84 valence electrons. The monoisotopic (exact) mass is 224 g/mol. The Balaban J connectivity index is 2.49. The van der Waals surface area contributed by atoms with E-state index in [1.165, 1.54) is 0 Å². The summed E-state index contributed by atoms with van der Waals surface area (Å²) in [7, 11) is 0. The first-order chi connectivity index (χ1) is 8.22. The third-order valence-corrected chi connectivity index (χ3v) is 2.53. The highest BCUT2D eigenvalue weighted by atomic mass is 16.5. The van der Waals surface area contributed by atoms with Crippen LogP contribution in [0.4, 0.5) is 0 Å². The van der Waals surface area contributed by atoms with E-state index < -0.39 is 0 Å². The highest BCUT2D eigenvalue weighted by Crippen LogP contribution is 2.24. The van der Waals surface area contributed by atoms with Gasteiger partial charge in [-0.05, 0) is 25.5 Å². The minimum absolute atomic E-state index is 0.576. The average molecular weight is 224 g/mol. The van der Waals surface area contributed by atoms with Gasteiger partial charge in [-0.3, -0.25) is 0 Å². The van der Waals surface area contributed by atoms with Crippen LogP contribution in [0.25, 0.3) is 11.6 Å². The number of hydrogen-bond acceptors (Lipinski definition) is 3. The Morgan fingerprint density at radius 3 is 2.53 bits per heavy atom. The highest BCUT2D eigenvalue weighted by molar-refractivity contribution is 5.90. The molecule has 3 heteroatoms. The zero-order chi connectivity index (χ0) is 12.3. The molecule has 0 radical (unpaired) electrons. The van der Waals surface area contributed by atoms with Gasteiger partial charge in [0.05, 0.1) is 22.9 Å². The van der Waals surface area contributed by atoms with Crippen LogP contribution in [-0.2, 0) is 0 Å². The fourth-order valence-electron chi connectivity index (χ4n) is 1.74. The number of allylic oxidation sites excluding steroid dienone is 1. The van der Waals surface area contributed by atoms with Crippen molar-refractivity contribution in [2.75, 3.05) is 0 Å². The molecule has 0 N–H and O–H groups in total. The van der Waals surface area contributed by atoms with Crippen LogP contribution >= 0.6 is 0 Å². The minimum atomic E-state index is 0.576. The maximum absolute atomic E-state index is 9.22. The first-order valence-electron chi connectivity index (χ1n) is 5.32. The molecule has 1 aromatic heterocycles. The third kappa shape index (κ3) is 2.26. The summed E-state index contributed by atoms with van der Waals surface area (Å²) in [6.07, 6.45) is 1.84. The quantitative estimate of drug-likeness (QED) is 0.735. The van der Waals surface area contributed by atoms with E-state index in [1.807, 2.05) is 50.3 Å². The van der Waals surface area contributed by atoms with Crippen LogP contribution in [0.3, 0.4) is 0 Å². The summed E-state index contributed by atoms with van der Waals surface area (Å²) in [5, 5.41) is 13.1. The fourth-order valence-corrected chi connectivity index (χ4v) is 1.74. The van der Waals surface area contributed by atoms with Crippen molar-refractivity contribution < 1.29 is 4.52 Å².